The number of nitrogens with zero attached hydrogens (tertiary/aromatic N) is 2. The lowest BCUT2D eigenvalue weighted by Crippen LogP contribution is -2.28. The first-order valence-electron chi connectivity index (χ1n) is 9.20. The minimum absolute atomic E-state index is 0.218. The van der Waals surface area contributed by atoms with Crippen molar-refractivity contribution in [3.05, 3.63) is 84.2 Å². The third-order valence-electron chi connectivity index (χ3n) is 5.32. The van der Waals surface area contributed by atoms with Gasteiger partial charge in [-0.25, -0.2) is 0 Å². The van der Waals surface area contributed by atoms with Crippen molar-refractivity contribution in [1.82, 2.24) is 4.98 Å². The van der Waals surface area contributed by atoms with Crippen molar-refractivity contribution >= 4 is 5.84 Å². The van der Waals surface area contributed by atoms with Crippen molar-refractivity contribution in [2.45, 2.75) is 18.1 Å². The molecule has 0 radical (unpaired) electrons. The van der Waals surface area contributed by atoms with Crippen molar-refractivity contribution in [3.8, 4) is 16.9 Å². The van der Waals surface area contributed by atoms with Crippen LogP contribution in [-0.4, -0.2) is 31.1 Å². The summed E-state index contributed by atoms with van der Waals surface area (Å²) in [5, 5.41) is 0. The van der Waals surface area contributed by atoms with E-state index < -0.39 is 5.54 Å². The average Bonchev–Trinajstić information content (AvgIpc) is 3.12. The molecule has 0 saturated carbocycles. The van der Waals surface area contributed by atoms with E-state index in [0.717, 1.165) is 28.0 Å². The Morgan fingerprint density at radius 2 is 1.75 bits per heavy atom. The Balaban J connectivity index is 1.85. The molecule has 2 N–H and O–H groups in total. The van der Waals surface area contributed by atoms with E-state index in [1.165, 1.54) is 0 Å². The topological polar surface area (TPSA) is 69.7 Å². The van der Waals surface area contributed by atoms with Crippen LogP contribution in [0.15, 0.2) is 78.0 Å². The van der Waals surface area contributed by atoms with Crippen LogP contribution in [-0.2, 0) is 10.3 Å². The van der Waals surface area contributed by atoms with Crippen LogP contribution in [0.3, 0.4) is 0 Å². The summed E-state index contributed by atoms with van der Waals surface area (Å²) >= 11 is 0. The van der Waals surface area contributed by atoms with Crippen LogP contribution >= 0.6 is 0 Å². The van der Waals surface area contributed by atoms with Crippen LogP contribution < -0.4 is 10.5 Å². The lowest BCUT2D eigenvalue weighted by molar-refractivity contribution is 0.142. The zero-order valence-electron chi connectivity index (χ0n) is 16.0. The highest BCUT2D eigenvalue weighted by Gasteiger charge is 2.43. The van der Waals surface area contributed by atoms with Gasteiger partial charge in [-0.15, -0.1) is 0 Å². The Morgan fingerprint density at radius 3 is 2.39 bits per heavy atom. The van der Waals surface area contributed by atoms with E-state index in [0.29, 0.717) is 12.3 Å². The van der Waals surface area contributed by atoms with Gasteiger partial charge >= 0.3 is 0 Å². The molecular formula is C23H23N3O2. The molecule has 0 unspecified atom stereocenters. The molecular weight excluding hydrogens is 350 g/mol. The van der Waals surface area contributed by atoms with Crippen molar-refractivity contribution in [1.29, 1.82) is 0 Å². The van der Waals surface area contributed by atoms with Crippen molar-refractivity contribution in [3.63, 3.8) is 0 Å². The highest BCUT2D eigenvalue weighted by Crippen LogP contribution is 2.44. The van der Waals surface area contributed by atoms with Crippen molar-refractivity contribution < 1.29 is 9.47 Å². The third-order valence-corrected chi connectivity index (χ3v) is 5.32. The van der Waals surface area contributed by atoms with Crippen LogP contribution in [0.4, 0.5) is 0 Å². The van der Waals surface area contributed by atoms with E-state index in [-0.39, 0.29) is 6.10 Å². The fourth-order valence-electron chi connectivity index (χ4n) is 3.80. The maximum Gasteiger partial charge on any atom is 0.125 e. The van der Waals surface area contributed by atoms with Gasteiger partial charge in [-0.3, -0.25) is 9.98 Å². The van der Waals surface area contributed by atoms with Gasteiger partial charge in [0.25, 0.3) is 0 Å². The van der Waals surface area contributed by atoms with Crippen LogP contribution in [0, 0.1) is 0 Å². The molecule has 0 amide bonds. The second-order valence-electron chi connectivity index (χ2n) is 6.88. The summed E-state index contributed by atoms with van der Waals surface area (Å²) < 4.78 is 10.9. The fourth-order valence-corrected chi connectivity index (χ4v) is 3.80. The minimum Gasteiger partial charge on any atom is -0.497 e. The molecule has 0 bridgehead atoms. The van der Waals surface area contributed by atoms with E-state index >= 15 is 0 Å². The van der Waals surface area contributed by atoms with E-state index in [4.69, 9.17) is 20.2 Å². The number of aliphatic imine (C=N–C) groups is 1. The number of hydrogen-bond acceptors (Lipinski definition) is 5. The van der Waals surface area contributed by atoms with Crippen LogP contribution in [0.25, 0.3) is 11.1 Å². The van der Waals surface area contributed by atoms with Gasteiger partial charge < -0.3 is 15.2 Å². The molecule has 3 aromatic rings. The molecule has 2 aromatic carbocycles. The van der Waals surface area contributed by atoms with Gasteiger partial charge in [0.2, 0.25) is 0 Å². The molecule has 0 fully saturated rings. The smallest absolute Gasteiger partial charge is 0.125 e. The minimum atomic E-state index is -0.602. The summed E-state index contributed by atoms with van der Waals surface area (Å²) in [6.07, 6.45) is 4.07. The lowest BCUT2D eigenvalue weighted by atomic mass is 9.80. The normalized spacial score (nSPS) is 21.4. The van der Waals surface area contributed by atoms with Gasteiger partial charge in [-0.05, 0) is 46.5 Å². The Bertz CT molecular complexity index is 986. The Morgan fingerprint density at radius 1 is 0.964 bits per heavy atom. The van der Waals surface area contributed by atoms with E-state index in [1.807, 2.05) is 36.5 Å². The zero-order valence-corrected chi connectivity index (χ0v) is 16.0. The molecule has 2 heterocycles. The van der Waals surface area contributed by atoms with Gasteiger partial charge in [0.15, 0.2) is 0 Å². The largest absolute Gasteiger partial charge is 0.497 e. The van der Waals surface area contributed by atoms with Crippen molar-refractivity contribution in [2.75, 3.05) is 14.2 Å². The average molecular weight is 373 g/mol. The summed E-state index contributed by atoms with van der Waals surface area (Å²) in [5.41, 5.74) is 9.91. The van der Waals surface area contributed by atoms with Gasteiger partial charge in [0.1, 0.15) is 23.2 Å². The number of rotatable bonds is 5. The van der Waals surface area contributed by atoms with Crippen LogP contribution in [0.5, 0.6) is 5.75 Å². The van der Waals surface area contributed by atoms with Gasteiger partial charge in [0.05, 0.1) is 7.11 Å². The summed E-state index contributed by atoms with van der Waals surface area (Å²) in [6, 6.07) is 20.4. The molecule has 5 heteroatoms. The molecule has 5 nitrogen and oxygen atoms in total. The molecule has 1 aliphatic heterocycles. The number of ether oxygens (including phenoxy) is 2. The standard InChI is InChI=1S/C23H23N3O2/c1-27-20-10-8-18(9-11-20)23(14-21(28-2)22(24)26-23)19-7-3-5-16(13-19)17-6-4-12-25-15-17/h3-13,15,21H,14H2,1-2H3,(H2,24,26)/t21-,23-/m0/s1. The zero-order chi connectivity index (χ0) is 19.6. The highest BCUT2D eigenvalue weighted by atomic mass is 16.5. The van der Waals surface area contributed by atoms with E-state index in [9.17, 15) is 0 Å². The molecule has 0 aliphatic carbocycles. The number of pyridine rings is 1. The number of aromatic nitrogens is 1. The second kappa shape index (κ2) is 7.44. The predicted molar refractivity (Wildman–Crippen MR) is 110 cm³/mol. The molecule has 142 valence electrons. The fraction of sp³-hybridized carbons (Fsp3) is 0.217. The summed E-state index contributed by atoms with van der Waals surface area (Å²) in [5.74, 6) is 1.33. The van der Waals surface area contributed by atoms with Gasteiger partial charge in [-0.2, -0.15) is 0 Å². The molecule has 0 saturated heterocycles. The summed E-state index contributed by atoms with van der Waals surface area (Å²) in [6.45, 7) is 0. The highest BCUT2D eigenvalue weighted by molar-refractivity contribution is 5.88. The second-order valence-corrected chi connectivity index (χ2v) is 6.88. The monoisotopic (exact) mass is 373 g/mol. The van der Waals surface area contributed by atoms with Crippen molar-refractivity contribution in [2.24, 2.45) is 10.7 Å². The Labute approximate surface area is 164 Å². The SMILES string of the molecule is COc1ccc([C@]2(c3cccc(-c4cccnc4)c3)C[C@H](OC)C(N)=N2)cc1. The lowest BCUT2D eigenvalue weighted by Gasteiger charge is -2.28. The molecule has 4 rings (SSSR count). The summed E-state index contributed by atoms with van der Waals surface area (Å²) in [4.78, 5) is 9.15. The number of methoxy groups -OCH3 is 2. The first kappa shape index (κ1) is 18.2. The molecule has 2 atom stereocenters. The maximum absolute atomic E-state index is 6.24. The predicted octanol–water partition coefficient (Wildman–Crippen LogP) is 3.78. The third kappa shape index (κ3) is 3.14. The Kier molecular flexibility index (Phi) is 4.84. The Hall–Kier alpha value is -3.18. The van der Waals surface area contributed by atoms with Gasteiger partial charge in [0, 0.05) is 25.9 Å². The first-order valence-corrected chi connectivity index (χ1v) is 9.20. The molecule has 0 spiro atoms. The maximum atomic E-state index is 6.24. The van der Waals surface area contributed by atoms with Gasteiger partial charge in [-0.1, -0.05) is 36.4 Å². The first-order chi connectivity index (χ1) is 13.7. The number of nitrogens with two attached hydrogens (primary N) is 1. The van der Waals surface area contributed by atoms with E-state index in [2.05, 4.69) is 35.3 Å². The quantitative estimate of drug-likeness (QED) is 0.739. The van der Waals surface area contributed by atoms with Crippen LogP contribution in [0.1, 0.15) is 17.5 Å². The summed E-state index contributed by atoms with van der Waals surface area (Å²) in [7, 11) is 3.33. The number of hydrogen-bond donors (Lipinski definition) is 1. The molecule has 1 aromatic heterocycles. The number of benzene rings is 2. The molecule has 1 aliphatic rings. The van der Waals surface area contributed by atoms with E-state index in [1.54, 1.807) is 20.4 Å². The molecule has 28 heavy (non-hydrogen) atoms. The number of amidine groups is 1. The van der Waals surface area contributed by atoms with Crippen LogP contribution in [0.2, 0.25) is 0 Å².